The number of carbonyl (C=O) groups excluding carboxylic acids is 1. The van der Waals surface area contributed by atoms with Gasteiger partial charge in [0.15, 0.2) is 0 Å². The lowest BCUT2D eigenvalue weighted by molar-refractivity contribution is -0.141. The normalized spacial score (nSPS) is 17.8. The molecule has 2 aromatic rings. The number of halogens is 4. The standard InChI is InChI=1S/C18H16F4N2O3/c19-14-4-1-12(2-5-14)15-10-23(7-8-27-15)17(26)11-24-9-13(18(20,21)22)3-6-16(24)25/h1-6,9,15H,7-8,10-11H2. The predicted octanol–water partition coefficient (Wildman–Crippen LogP) is 2.61. The van der Waals surface area contributed by atoms with Crippen molar-refractivity contribution in [2.75, 3.05) is 19.7 Å². The molecule has 0 aliphatic carbocycles. The molecule has 1 atom stereocenters. The Morgan fingerprint density at radius 2 is 1.85 bits per heavy atom. The molecule has 1 amide bonds. The van der Waals surface area contributed by atoms with Crippen molar-refractivity contribution in [3.63, 3.8) is 0 Å². The molecule has 0 N–H and O–H groups in total. The molecule has 2 heterocycles. The van der Waals surface area contributed by atoms with E-state index < -0.39 is 41.7 Å². The molecule has 1 saturated heterocycles. The van der Waals surface area contributed by atoms with Gasteiger partial charge in [-0.3, -0.25) is 9.59 Å². The van der Waals surface area contributed by atoms with Crippen LogP contribution in [0, 0.1) is 5.82 Å². The first-order chi connectivity index (χ1) is 12.7. The maximum Gasteiger partial charge on any atom is 0.417 e. The third kappa shape index (κ3) is 4.54. The average Bonchev–Trinajstić information content (AvgIpc) is 2.63. The van der Waals surface area contributed by atoms with Crippen molar-refractivity contribution in [3.8, 4) is 0 Å². The number of amides is 1. The van der Waals surface area contributed by atoms with Crippen LogP contribution >= 0.6 is 0 Å². The van der Waals surface area contributed by atoms with Gasteiger partial charge in [0.1, 0.15) is 18.5 Å². The molecular formula is C18H16F4N2O3. The molecule has 0 saturated carbocycles. The summed E-state index contributed by atoms with van der Waals surface area (Å²) >= 11 is 0. The van der Waals surface area contributed by atoms with Gasteiger partial charge in [0.05, 0.1) is 18.7 Å². The monoisotopic (exact) mass is 384 g/mol. The van der Waals surface area contributed by atoms with Gasteiger partial charge in [0.25, 0.3) is 5.56 Å². The summed E-state index contributed by atoms with van der Waals surface area (Å²) in [5.41, 5.74) is -1.01. The number of alkyl halides is 3. The lowest BCUT2D eigenvalue weighted by atomic mass is 10.1. The van der Waals surface area contributed by atoms with E-state index in [2.05, 4.69) is 0 Å². The average molecular weight is 384 g/mol. The zero-order valence-corrected chi connectivity index (χ0v) is 14.1. The second-order valence-electron chi connectivity index (χ2n) is 6.13. The number of benzene rings is 1. The number of hydrogen-bond donors (Lipinski definition) is 0. The number of aromatic nitrogens is 1. The topological polar surface area (TPSA) is 51.5 Å². The number of ether oxygens (including phenoxy) is 1. The Kier molecular flexibility index (Phi) is 5.31. The number of nitrogens with zero attached hydrogens (tertiary/aromatic N) is 2. The van der Waals surface area contributed by atoms with Crippen LogP contribution in [-0.2, 0) is 22.3 Å². The Balaban J connectivity index is 1.72. The van der Waals surface area contributed by atoms with Crippen LogP contribution in [0.25, 0.3) is 0 Å². The SMILES string of the molecule is O=C(Cn1cc(C(F)(F)F)ccc1=O)N1CCOC(c2ccc(F)cc2)C1. The fraction of sp³-hybridized carbons (Fsp3) is 0.333. The molecular weight excluding hydrogens is 368 g/mol. The van der Waals surface area contributed by atoms with Gasteiger partial charge in [-0.2, -0.15) is 13.2 Å². The van der Waals surface area contributed by atoms with Crippen LogP contribution in [-0.4, -0.2) is 35.1 Å². The maximum absolute atomic E-state index is 13.0. The highest BCUT2D eigenvalue weighted by molar-refractivity contribution is 5.76. The molecule has 0 spiro atoms. The first-order valence-corrected chi connectivity index (χ1v) is 8.16. The van der Waals surface area contributed by atoms with E-state index in [0.717, 1.165) is 10.6 Å². The third-order valence-corrected chi connectivity index (χ3v) is 4.28. The summed E-state index contributed by atoms with van der Waals surface area (Å²) < 4.78 is 57.8. The number of carbonyl (C=O) groups is 1. The molecule has 9 heteroatoms. The lowest BCUT2D eigenvalue weighted by Gasteiger charge is -2.33. The second-order valence-corrected chi connectivity index (χ2v) is 6.13. The van der Waals surface area contributed by atoms with E-state index in [9.17, 15) is 27.2 Å². The summed E-state index contributed by atoms with van der Waals surface area (Å²) in [6.45, 7) is 0.145. The number of morpholine rings is 1. The smallest absolute Gasteiger partial charge is 0.370 e. The highest BCUT2D eigenvalue weighted by atomic mass is 19.4. The lowest BCUT2D eigenvalue weighted by Crippen LogP contribution is -2.44. The molecule has 1 aromatic carbocycles. The molecule has 1 unspecified atom stereocenters. The van der Waals surface area contributed by atoms with Crippen molar-refractivity contribution in [2.45, 2.75) is 18.8 Å². The van der Waals surface area contributed by atoms with E-state index in [1.54, 1.807) is 12.1 Å². The van der Waals surface area contributed by atoms with Gasteiger partial charge in [-0.1, -0.05) is 12.1 Å². The van der Waals surface area contributed by atoms with E-state index in [1.807, 2.05) is 0 Å². The molecule has 1 aromatic heterocycles. The van der Waals surface area contributed by atoms with Crippen molar-refractivity contribution in [1.29, 1.82) is 0 Å². The zero-order valence-electron chi connectivity index (χ0n) is 14.1. The van der Waals surface area contributed by atoms with Gasteiger partial charge >= 0.3 is 6.18 Å². The maximum atomic E-state index is 13.0. The van der Waals surface area contributed by atoms with Crippen LogP contribution in [0.5, 0.6) is 0 Å². The first-order valence-electron chi connectivity index (χ1n) is 8.16. The van der Waals surface area contributed by atoms with Crippen molar-refractivity contribution >= 4 is 5.91 Å². The fourth-order valence-electron chi connectivity index (χ4n) is 2.82. The summed E-state index contributed by atoms with van der Waals surface area (Å²) in [4.78, 5) is 25.7. The molecule has 1 aliphatic rings. The molecule has 0 bridgehead atoms. The van der Waals surface area contributed by atoms with E-state index in [0.29, 0.717) is 17.8 Å². The van der Waals surface area contributed by atoms with Gasteiger partial charge in [-0.25, -0.2) is 4.39 Å². The minimum absolute atomic E-state index is 0.165. The highest BCUT2D eigenvalue weighted by Crippen LogP contribution is 2.28. The molecule has 1 aliphatic heterocycles. The van der Waals surface area contributed by atoms with Gasteiger partial charge in [0.2, 0.25) is 5.91 Å². The Bertz CT molecular complexity index is 877. The van der Waals surface area contributed by atoms with Crippen LogP contribution in [0.15, 0.2) is 47.4 Å². The van der Waals surface area contributed by atoms with E-state index in [-0.39, 0.29) is 19.7 Å². The molecule has 5 nitrogen and oxygen atoms in total. The van der Waals surface area contributed by atoms with Crippen molar-refractivity contribution in [2.24, 2.45) is 0 Å². The zero-order chi connectivity index (χ0) is 19.6. The predicted molar refractivity (Wildman–Crippen MR) is 87.4 cm³/mol. The Morgan fingerprint density at radius 1 is 1.15 bits per heavy atom. The second kappa shape index (κ2) is 7.51. The number of rotatable bonds is 3. The van der Waals surface area contributed by atoms with Crippen molar-refractivity contribution < 1.29 is 27.1 Å². The minimum Gasteiger partial charge on any atom is -0.370 e. The van der Waals surface area contributed by atoms with Gasteiger partial charge in [0, 0.05) is 18.8 Å². The van der Waals surface area contributed by atoms with E-state index in [1.165, 1.54) is 17.0 Å². The van der Waals surface area contributed by atoms with Gasteiger partial charge in [-0.05, 0) is 23.8 Å². The van der Waals surface area contributed by atoms with Crippen LogP contribution in [0.2, 0.25) is 0 Å². The molecule has 3 rings (SSSR count). The molecule has 0 radical (unpaired) electrons. The third-order valence-electron chi connectivity index (χ3n) is 4.28. The van der Waals surface area contributed by atoms with Crippen molar-refractivity contribution in [3.05, 3.63) is 69.9 Å². The number of hydrogen-bond acceptors (Lipinski definition) is 3. The first kappa shape index (κ1) is 19.1. The molecule has 1 fully saturated rings. The van der Waals surface area contributed by atoms with Crippen LogP contribution in [0.4, 0.5) is 17.6 Å². The van der Waals surface area contributed by atoms with E-state index >= 15 is 0 Å². The Morgan fingerprint density at radius 3 is 2.52 bits per heavy atom. The quantitative estimate of drug-likeness (QED) is 0.765. The minimum atomic E-state index is -4.61. The summed E-state index contributed by atoms with van der Waals surface area (Å²) in [7, 11) is 0. The molecule has 144 valence electrons. The summed E-state index contributed by atoms with van der Waals surface area (Å²) in [6, 6.07) is 7.12. The van der Waals surface area contributed by atoms with Crippen molar-refractivity contribution in [1.82, 2.24) is 9.47 Å². The van der Waals surface area contributed by atoms with Crippen LogP contribution in [0.3, 0.4) is 0 Å². The van der Waals surface area contributed by atoms with Gasteiger partial charge in [-0.15, -0.1) is 0 Å². The van der Waals surface area contributed by atoms with Crippen LogP contribution < -0.4 is 5.56 Å². The summed E-state index contributed by atoms with van der Waals surface area (Å²) in [5.74, 6) is -0.891. The van der Waals surface area contributed by atoms with Gasteiger partial charge < -0.3 is 14.2 Å². The molecule has 27 heavy (non-hydrogen) atoms. The number of pyridine rings is 1. The fourth-order valence-corrected chi connectivity index (χ4v) is 2.82. The summed E-state index contributed by atoms with van der Waals surface area (Å²) in [6.07, 6.45) is -4.44. The Labute approximate surface area is 151 Å². The highest BCUT2D eigenvalue weighted by Gasteiger charge is 2.31. The van der Waals surface area contributed by atoms with Crippen LogP contribution in [0.1, 0.15) is 17.2 Å². The Hall–Kier alpha value is -2.68. The largest absolute Gasteiger partial charge is 0.417 e. The van der Waals surface area contributed by atoms with E-state index in [4.69, 9.17) is 4.74 Å². The summed E-state index contributed by atoms with van der Waals surface area (Å²) in [5, 5.41) is 0.